The van der Waals surface area contributed by atoms with Crippen molar-refractivity contribution in [3.63, 3.8) is 0 Å². The van der Waals surface area contributed by atoms with E-state index in [-0.39, 0.29) is 22.5 Å². The molecule has 11 heteroatoms. The summed E-state index contributed by atoms with van der Waals surface area (Å²) in [6.07, 6.45) is 3.01. The number of rotatable bonds is 7. The Hall–Kier alpha value is -2.52. The number of amides is 1. The van der Waals surface area contributed by atoms with Gasteiger partial charge in [0.25, 0.3) is 0 Å². The summed E-state index contributed by atoms with van der Waals surface area (Å²) in [6, 6.07) is 12.5. The monoisotopic (exact) mass is 493 g/mol. The van der Waals surface area contributed by atoms with Crippen LogP contribution in [0.5, 0.6) is 0 Å². The highest BCUT2D eigenvalue weighted by molar-refractivity contribution is 7.99. The maximum Gasteiger partial charge on any atom is 0.236 e. The number of halogens is 3. The van der Waals surface area contributed by atoms with E-state index < -0.39 is 0 Å². The lowest BCUT2D eigenvalue weighted by atomic mass is 10.2. The second kappa shape index (κ2) is 9.74. The Labute approximate surface area is 196 Å². The standard InChI is InChI=1S/C20H14Cl3N5O2S/c21-13-5-3-12(4-6-13)19-26-27-20(28(19)10-15-2-1-7-30-15)31-11-17(29)25-18-16(23)8-14(22)9-24-18/h1-9H,10-11H2,(H,24,25,29). The van der Waals surface area contributed by atoms with E-state index in [1.807, 2.05) is 28.8 Å². The smallest absolute Gasteiger partial charge is 0.236 e. The molecule has 0 spiro atoms. The number of furan rings is 1. The van der Waals surface area contributed by atoms with E-state index in [0.717, 1.165) is 11.3 Å². The highest BCUT2D eigenvalue weighted by atomic mass is 35.5. The quantitative estimate of drug-likeness (QED) is 0.333. The van der Waals surface area contributed by atoms with Crippen LogP contribution in [0.3, 0.4) is 0 Å². The lowest BCUT2D eigenvalue weighted by Crippen LogP contribution is -2.16. The molecule has 31 heavy (non-hydrogen) atoms. The third-order valence-corrected chi connectivity index (χ3v) is 5.82. The summed E-state index contributed by atoms with van der Waals surface area (Å²) >= 11 is 19.1. The van der Waals surface area contributed by atoms with Crippen molar-refractivity contribution in [1.29, 1.82) is 0 Å². The zero-order valence-electron chi connectivity index (χ0n) is 15.8. The first kappa shape index (κ1) is 21.7. The van der Waals surface area contributed by atoms with Crippen molar-refractivity contribution in [2.45, 2.75) is 11.7 Å². The number of pyridine rings is 1. The fourth-order valence-corrected chi connectivity index (χ4v) is 4.00. The zero-order chi connectivity index (χ0) is 21.8. The van der Waals surface area contributed by atoms with Gasteiger partial charge in [0.2, 0.25) is 5.91 Å². The number of carbonyl (C=O) groups excluding carboxylic acids is 1. The van der Waals surface area contributed by atoms with Gasteiger partial charge in [-0.25, -0.2) is 4.98 Å². The van der Waals surface area contributed by atoms with Gasteiger partial charge >= 0.3 is 0 Å². The Balaban J connectivity index is 1.53. The molecule has 3 aromatic heterocycles. The average molecular weight is 495 g/mol. The van der Waals surface area contributed by atoms with Crippen molar-refractivity contribution in [3.05, 3.63) is 75.8 Å². The largest absolute Gasteiger partial charge is 0.467 e. The molecule has 0 fully saturated rings. The van der Waals surface area contributed by atoms with Crippen LogP contribution in [-0.2, 0) is 11.3 Å². The van der Waals surface area contributed by atoms with E-state index in [0.29, 0.717) is 27.6 Å². The lowest BCUT2D eigenvalue weighted by molar-refractivity contribution is -0.113. The fraction of sp³-hybridized carbons (Fsp3) is 0.100. The number of nitrogens with zero attached hydrogens (tertiary/aromatic N) is 4. The summed E-state index contributed by atoms with van der Waals surface area (Å²) in [5.41, 5.74) is 0.844. The number of thioether (sulfide) groups is 1. The van der Waals surface area contributed by atoms with Gasteiger partial charge in [-0.1, -0.05) is 46.6 Å². The summed E-state index contributed by atoms with van der Waals surface area (Å²) in [6.45, 7) is 0.409. The van der Waals surface area contributed by atoms with Crippen molar-refractivity contribution >= 4 is 58.3 Å². The molecule has 0 unspecified atom stereocenters. The van der Waals surface area contributed by atoms with Gasteiger partial charge in [-0.15, -0.1) is 10.2 Å². The minimum Gasteiger partial charge on any atom is -0.467 e. The molecule has 4 rings (SSSR count). The van der Waals surface area contributed by atoms with E-state index in [1.54, 1.807) is 18.4 Å². The third-order valence-electron chi connectivity index (χ3n) is 4.11. The lowest BCUT2D eigenvalue weighted by Gasteiger charge is -2.09. The molecule has 7 nitrogen and oxygen atoms in total. The first-order chi connectivity index (χ1) is 15.0. The number of benzene rings is 1. The van der Waals surface area contributed by atoms with Gasteiger partial charge in [0.05, 0.1) is 28.6 Å². The summed E-state index contributed by atoms with van der Waals surface area (Å²) in [5, 5.41) is 13.1. The first-order valence-corrected chi connectivity index (χ1v) is 11.1. The van der Waals surface area contributed by atoms with Crippen LogP contribution in [0.25, 0.3) is 11.4 Å². The van der Waals surface area contributed by atoms with Crippen molar-refractivity contribution in [2.24, 2.45) is 0 Å². The molecule has 0 aliphatic rings. The zero-order valence-corrected chi connectivity index (χ0v) is 18.8. The fourth-order valence-electron chi connectivity index (χ4n) is 2.71. The molecule has 4 aromatic rings. The SMILES string of the molecule is O=C(CSc1nnc(-c2ccc(Cl)cc2)n1Cc1ccco1)Nc1ncc(Cl)cc1Cl. The van der Waals surface area contributed by atoms with Gasteiger partial charge in [0.15, 0.2) is 16.8 Å². The van der Waals surface area contributed by atoms with Crippen molar-refractivity contribution in [1.82, 2.24) is 19.7 Å². The van der Waals surface area contributed by atoms with E-state index in [9.17, 15) is 4.79 Å². The summed E-state index contributed by atoms with van der Waals surface area (Å²) in [7, 11) is 0. The molecule has 0 radical (unpaired) electrons. The van der Waals surface area contributed by atoms with Crippen LogP contribution in [0.1, 0.15) is 5.76 Å². The van der Waals surface area contributed by atoms with Gasteiger partial charge in [0, 0.05) is 16.8 Å². The van der Waals surface area contributed by atoms with Gasteiger partial charge in [-0.2, -0.15) is 0 Å². The van der Waals surface area contributed by atoms with Gasteiger partial charge in [-0.3, -0.25) is 9.36 Å². The molecule has 3 heterocycles. The highest BCUT2D eigenvalue weighted by Crippen LogP contribution is 2.27. The number of nitrogens with one attached hydrogen (secondary N) is 1. The van der Waals surface area contributed by atoms with E-state index >= 15 is 0 Å². The van der Waals surface area contributed by atoms with Crippen LogP contribution >= 0.6 is 46.6 Å². The number of carbonyl (C=O) groups is 1. The molecule has 1 N–H and O–H groups in total. The molecule has 1 amide bonds. The number of hydrogen-bond donors (Lipinski definition) is 1. The van der Waals surface area contributed by atoms with Crippen LogP contribution in [-0.4, -0.2) is 31.4 Å². The topological polar surface area (TPSA) is 85.8 Å². The summed E-state index contributed by atoms with van der Waals surface area (Å²) in [5.74, 6) is 1.41. The Kier molecular flexibility index (Phi) is 6.82. The molecule has 0 saturated heterocycles. The first-order valence-electron chi connectivity index (χ1n) is 8.95. The van der Waals surface area contributed by atoms with Crippen LogP contribution in [0.15, 0.2) is 64.5 Å². The molecule has 0 bridgehead atoms. The Morgan fingerprint density at radius 1 is 1.10 bits per heavy atom. The number of aromatic nitrogens is 4. The maximum absolute atomic E-state index is 12.4. The van der Waals surface area contributed by atoms with Crippen LogP contribution in [0, 0.1) is 0 Å². The molecule has 0 aliphatic heterocycles. The van der Waals surface area contributed by atoms with Crippen LogP contribution in [0.4, 0.5) is 5.82 Å². The summed E-state index contributed by atoms with van der Waals surface area (Å²) in [4.78, 5) is 16.4. The van der Waals surface area contributed by atoms with Crippen molar-refractivity contribution in [2.75, 3.05) is 11.1 Å². The van der Waals surface area contributed by atoms with Crippen LogP contribution in [0.2, 0.25) is 15.1 Å². The third kappa shape index (κ3) is 5.40. The van der Waals surface area contributed by atoms with Crippen molar-refractivity contribution in [3.8, 4) is 11.4 Å². The van der Waals surface area contributed by atoms with E-state index in [4.69, 9.17) is 39.2 Å². The highest BCUT2D eigenvalue weighted by Gasteiger charge is 2.17. The Morgan fingerprint density at radius 3 is 2.61 bits per heavy atom. The second-order valence-corrected chi connectivity index (χ2v) is 8.52. The van der Waals surface area contributed by atoms with Crippen molar-refractivity contribution < 1.29 is 9.21 Å². The number of anilines is 1. The normalized spacial score (nSPS) is 10.9. The molecule has 158 valence electrons. The predicted octanol–water partition coefficient (Wildman–Crippen LogP) is 5.67. The van der Waals surface area contributed by atoms with Gasteiger partial charge in [0.1, 0.15) is 5.76 Å². The van der Waals surface area contributed by atoms with E-state index in [1.165, 1.54) is 24.0 Å². The molecular formula is C20H14Cl3N5O2S. The van der Waals surface area contributed by atoms with Gasteiger partial charge in [-0.05, 0) is 42.5 Å². The van der Waals surface area contributed by atoms with Crippen LogP contribution < -0.4 is 5.32 Å². The molecular weight excluding hydrogens is 481 g/mol. The second-order valence-electron chi connectivity index (χ2n) is 6.30. The number of hydrogen-bond acceptors (Lipinski definition) is 6. The predicted molar refractivity (Wildman–Crippen MR) is 122 cm³/mol. The minimum atomic E-state index is -0.290. The Morgan fingerprint density at radius 2 is 1.90 bits per heavy atom. The summed E-state index contributed by atoms with van der Waals surface area (Å²) < 4.78 is 7.36. The molecule has 0 atom stereocenters. The molecule has 1 aromatic carbocycles. The molecule has 0 saturated carbocycles. The van der Waals surface area contributed by atoms with E-state index in [2.05, 4.69) is 20.5 Å². The molecule has 0 aliphatic carbocycles. The maximum atomic E-state index is 12.4. The Bertz CT molecular complexity index is 1200. The minimum absolute atomic E-state index is 0.0809. The van der Waals surface area contributed by atoms with Gasteiger partial charge < -0.3 is 9.73 Å². The average Bonchev–Trinajstić information content (AvgIpc) is 3.40.